The van der Waals surface area contributed by atoms with E-state index in [4.69, 9.17) is 5.73 Å². The van der Waals surface area contributed by atoms with Crippen molar-refractivity contribution in [2.24, 2.45) is 5.73 Å². The lowest BCUT2D eigenvalue weighted by atomic mass is 9.94. The molecule has 3 N–H and O–H groups in total. The molecule has 1 fully saturated rings. The number of aryl methyl sites for hydroxylation is 1. The van der Waals surface area contributed by atoms with Crippen LogP contribution in [0.1, 0.15) is 36.3 Å². The van der Waals surface area contributed by atoms with Crippen molar-refractivity contribution in [3.63, 3.8) is 0 Å². The van der Waals surface area contributed by atoms with Gasteiger partial charge in [0.05, 0.1) is 5.60 Å². The second kappa shape index (κ2) is 3.95. The van der Waals surface area contributed by atoms with Gasteiger partial charge >= 0.3 is 0 Å². The van der Waals surface area contributed by atoms with Crippen LogP contribution in [0, 0.1) is 6.92 Å². The second-order valence-corrected chi connectivity index (χ2v) is 4.78. The van der Waals surface area contributed by atoms with Gasteiger partial charge in [0.25, 0.3) is 0 Å². The molecule has 0 amide bonds. The first-order valence-corrected chi connectivity index (χ1v) is 5.62. The van der Waals surface area contributed by atoms with Crippen molar-refractivity contribution in [1.29, 1.82) is 0 Å². The SMILES string of the molecule is Cc1ccc(C2CCC(O)(CN)C2)cc1. The number of hydrogen-bond acceptors (Lipinski definition) is 2. The second-order valence-electron chi connectivity index (χ2n) is 4.78. The highest BCUT2D eigenvalue weighted by Gasteiger charge is 2.36. The largest absolute Gasteiger partial charge is 0.389 e. The first-order valence-electron chi connectivity index (χ1n) is 5.62. The van der Waals surface area contributed by atoms with Gasteiger partial charge in [-0.2, -0.15) is 0 Å². The summed E-state index contributed by atoms with van der Waals surface area (Å²) < 4.78 is 0. The van der Waals surface area contributed by atoms with Gasteiger partial charge < -0.3 is 10.8 Å². The van der Waals surface area contributed by atoms with Crippen LogP contribution < -0.4 is 5.73 Å². The summed E-state index contributed by atoms with van der Waals surface area (Å²) in [6.07, 6.45) is 2.70. The van der Waals surface area contributed by atoms with Gasteiger partial charge in [0.2, 0.25) is 0 Å². The Morgan fingerprint density at radius 1 is 1.40 bits per heavy atom. The lowest BCUT2D eigenvalue weighted by molar-refractivity contribution is 0.0554. The van der Waals surface area contributed by atoms with Crippen LogP contribution in [0.4, 0.5) is 0 Å². The van der Waals surface area contributed by atoms with Crippen molar-refractivity contribution in [3.8, 4) is 0 Å². The van der Waals surface area contributed by atoms with Gasteiger partial charge in [0.15, 0.2) is 0 Å². The van der Waals surface area contributed by atoms with Crippen LogP contribution >= 0.6 is 0 Å². The molecule has 82 valence electrons. The first-order chi connectivity index (χ1) is 7.13. The number of benzene rings is 1. The standard InChI is InChI=1S/C13H19NO/c1-10-2-4-11(5-3-10)12-6-7-13(15,8-12)9-14/h2-5,12,15H,6-9,14H2,1H3. The van der Waals surface area contributed by atoms with Gasteiger partial charge in [-0.15, -0.1) is 0 Å². The lowest BCUT2D eigenvalue weighted by Gasteiger charge is -2.20. The van der Waals surface area contributed by atoms with Crippen molar-refractivity contribution in [3.05, 3.63) is 35.4 Å². The maximum Gasteiger partial charge on any atom is 0.0775 e. The molecule has 1 aliphatic rings. The average molecular weight is 205 g/mol. The highest BCUT2D eigenvalue weighted by Crippen LogP contribution is 2.40. The summed E-state index contributed by atoms with van der Waals surface area (Å²) in [6.45, 7) is 2.48. The maximum absolute atomic E-state index is 10.1. The normalized spacial score (nSPS) is 30.7. The monoisotopic (exact) mass is 205 g/mol. The summed E-state index contributed by atoms with van der Waals surface area (Å²) >= 11 is 0. The molecule has 2 heteroatoms. The molecule has 0 spiro atoms. The minimum Gasteiger partial charge on any atom is -0.389 e. The predicted octanol–water partition coefficient (Wildman–Crippen LogP) is 1.95. The smallest absolute Gasteiger partial charge is 0.0775 e. The van der Waals surface area contributed by atoms with E-state index in [1.54, 1.807) is 0 Å². The molecule has 0 aromatic heterocycles. The quantitative estimate of drug-likeness (QED) is 0.775. The Hall–Kier alpha value is -0.860. The van der Waals surface area contributed by atoms with E-state index in [0.29, 0.717) is 12.5 Å². The molecule has 1 saturated carbocycles. The van der Waals surface area contributed by atoms with Gasteiger partial charge in [0.1, 0.15) is 0 Å². The number of aliphatic hydroxyl groups is 1. The van der Waals surface area contributed by atoms with Crippen molar-refractivity contribution >= 4 is 0 Å². The summed E-state index contributed by atoms with van der Waals surface area (Å²) in [5.41, 5.74) is 7.59. The van der Waals surface area contributed by atoms with Gasteiger partial charge in [-0.3, -0.25) is 0 Å². The third-order valence-corrected chi connectivity index (χ3v) is 3.51. The molecule has 0 saturated heterocycles. The Labute approximate surface area is 91.1 Å². The molecule has 1 aromatic rings. The first kappa shape index (κ1) is 10.7. The fraction of sp³-hybridized carbons (Fsp3) is 0.538. The van der Waals surface area contributed by atoms with E-state index in [1.807, 2.05) is 0 Å². The van der Waals surface area contributed by atoms with Crippen molar-refractivity contribution in [2.75, 3.05) is 6.54 Å². The zero-order chi connectivity index (χ0) is 10.9. The van der Waals surface area contributed by atoms with Gasteiger partial charge in [-0.25, -0.2) is 0 Å². The maximum atomic E-state index is 10.1. The highest BCUT2D eigenvalue weighted by molar-refractivity contribution is 5.26. The van der Waals surface area contributed by atoms with E-state index in [0.717, 1.165) is 19.3 Å². The van der Waals surface area contributed by atoms with Crippen LogP contribution in [-0.2, 0) is 0 Å². The van der Waals surface area contributed by atoms with Gasteiger partial charge in [0, 0.05) is 6.54 Å². The topological polar surface area (TPSA) is 46.2 Å². The van der Waals surface area contributed by atoms with Crippen LogP contribution in [0.25, 0.3) is 0 Å². The molecule has 0 aliphatic heterocycles. The highest BCUT2D eigenvalue weighted by atomic mass is 16.3. The predicted molar refractivity (Wildman–Crippen MR) is 61.8 cm³/mol. The summed E-state index contributed by atoms with van der Waals surface area (Å²) in [5, 5.41) is 10.1. The Morgan fingerprint density at radius 2 is 2.07 bits per heavy atom. The molecule has 0 radical (unpaired) electrons. The number of rotatable bonds is 2. The minimum atomic E-state index is -0.616. The van der Waals surface area contributed by atoms with Crippen LogP contribution in [0.5, 0.6) is 0 Å². The molecule has 0 bridgehead atoms. The van der Waals surface area contributed by atoms with E-state index in [1.165, 1.54) is 11.1 Å². The summed E-state index contributed by atoms with van der Waals surface area (Å²) in [6, 6.07) is 8.61. The molecule has 15 heavy (non-hydrogen) atoms. The van der Waals surface area contributed by atoms with Crippen LogP contribution in [0.15, 0.2) is 24.3 Å². The third-order valence-electron chi connectivity index (χ3n) is 3.51. The molecule has 1 aromatic carbocycles. The van der Waals surface area contributed by atoms with Gasteiger partial charge in [-0.1, -0.05) is 29.8 Å². The van der Waals surface area contributed by atoms with Gasteiger partial charge in [-0.05, 0) is 37.7 Å². The van der Waals surface area contributed by atoms with Crippen LogP contribution in [-0.4, -0.2) is 17.3 Å². The fourth-order valence-electron chi connectivity index (χ4n) is 2.41. The molecule has 1 aliphatic carbocycles. The average Bonchev–Trinajstić information content (AvgIpc) is 2.63. The molecular weight excluding hydrogens is 186 g/mol. The van der Waals surface area contributed by atoms with E-state index in [2.05, 4.69) is 31.2 Å². The molecular formula is C13H19NO. The fourth-order valence-corrected chi connectivity index (χ4v) is 2.41. The van der Waals surface area contributed by atoms with Crippen LogP contribution in [0.3, 0.4) is 0 Å². The zero-order valence-electron chi connectivity index (χ0n) is 9.24. The molecule has 2 atom stereocenters. The van der Waals surface area contributed by atoms with E-state index >= 15 is 0 Å². The number of nitrogens with two attached hydrogens (primary N) is 1. The Kier molecular flexibility index (Phi) is 2.81. The molecule has 2 unspecified atom stereocenters. The van der Waals surface area contributed by atoms with Crippen molar-refractivity contribution in [2.45, 2.75) is 37.7 Å². The van der Waals surface area contributed by atoms with Crippen molar-refractivity contribution < 1.29 is 5.11 Å². The lowest BCUT2D eigenvalue weighted by Crippen LogP contribution is -2.34. The number of hydrogen-bond donors (Lipinski definition) is 2. The summed E-state index contributed by atoms with van der Waals surface area (Å²) in [4.78, 5) is 0. The Balaban J connectivity index is 2.11. The zero-order valence-corrected chi connectivity index (χ0v) is 9.24. The molecule has 0 heterocycles. The summed E-state index contributed by atoms with van der Waals surface area (Å²) in [5.74, 6) is 0.485. The molecule has 2 nitrogen and oxygen atoms in total. The Bertz CT molecular complexity index is 333. The van der Waals surface area contributed by atoms with Crippen LogP contribution in [0.2, 0.25) is 0 Å². The Morgan fingerprint density at radius 3 is 2.60 bits per heavy atom. The third kappa shape index (κ3) is 2.21. The van der Waals surface area contributed by atoms with E-state index in [-0.39, 0.29) is 0 Å². The molecule has 2 rings (SSSR count). The van der Waals surface area contributed by atoms with Crippen molar-refractivity contribution in [1.82, 2.24) is 0 Å². The minimum absolute atomic E-state index is 0.384. The van der Waals surface area contributed by atoms with E-state index in [9.17, 15) is 5.11 Å². The summed E-state index contributed by atoms with van der Waals surface area (Å²) in [7, 11) is 0. The van der Waals surface area contributed by atoms with E-state index < -0.39 is 5.60 Å².